The van der Waals surface area contributed by atoms with Crippen molar-refractivity contribution in [2.24, 2.45) is 0 Å². The van der Waals surface area contributed by atoms with Crippen LogP contribution >= 0.6 is 11.6 Å². The second-order valence-corrected chi connectivity index (χ2v) is 4.07. The van der Waals surface area contributed by atoms with Crippen molar-refractivity contribution in [3.05, 3.63) is 23.2 Å². The molecule has 0 fully saturated rings. The average molecular weight is 227 g/mol. The van der Waals surface area contributed by atoms with Gasteiger partial charge in [0.2, 0.25) is 0 Å². The number of hydrogen-bond acceptors (Lipinski definition) is 3. The number of anilines is 2. The zero-order valence-electron chi connectivity index (χ0n) is 8.72. The average Bonchev–Trinajstić information content (AvgIpc) is 2.27. The molecule has 1 aliphatic rings. The van der Waals surface area contributed by atoms with E-state index >= 15 is 0 Å². The van der Waals surface area contributed by atoms with Crippen LogP contribution < -0.4 is 10.6 Å². The lowest BCUT2D eigenvalue weighted by Crippen LogP contribution is -2.34. The largest absolute Gasteiger partial charge is 0.385 e. The second kappa shape index (κ2) is 4.73. The maximum absolute atomic E-state index is 6.11. The molecule has 0 saturated carbocycles. The van der Waals surface area contributed by atoms with Gasteiger partial charge in [0.05, 0.1) is 16.4 Å². The summed E-state index contributed by atoms with van der Waals surface area (Å²) >= 11 is 6.11. The molecule has 1 aromatic carbocycles. The molecule has 1 aromatic rings. The first kappa shape index (κ1) is 10.6. The summed E-state index contributed by atoms with van der Waals surface area (Å²) in [4.78, 5) is 0. The van der Waals surface area contributed by atoms with Gasteiger partial charge in [-0.2, -0.15) is 0 Å². The van der Waals surface area contributed by atoms with Crippen LogP contribution in [0.1, 0.15) is 6.42 Å². The predicted molar refractivity (Wildman–Crippen MR) is 63.8 cm³/mol. The standard InChI is InChI=1S/C11H15ClN2O/c1-15-6-5-8-7-13-10-4-2-3-9(12)11(10)14-8/h2-4,8,13-14H,5-7H2,1H3. The first-order chi connectivity index (χ1) is 7.31. The van der Waals surface area contributed by atoms with Gasteiger partial charge in [0.1, 0.15) is 0 Å². The molecule has 0 spiro atoms. The van der Waals surface area contributed by atoms with E-state index < -0.39 is 0 Å². The van der Waals surface area contributed by atoms with Gasteiger partial charge in [0, 0.05) is 26.3 Å². The number of hydrogen-bond donors (Lipinski definition) is 2. The topological polar surface area (TPSA) is 33.3 Å². The lowest BCUT2D eigenvalue weighted by atomic mass is 10.1. The van der Waals surface area contributed by atoms with Gasteiger partial charge in [0.25, 0.3) is 0 Å². The van der Waals surface area contributed by atoms with E-state index in [9.17, 15) is 0 Å². The summed E-state index contributed by atoms with van der Waals surface area (Å²) < 4.78 is 5.06. The normalized spacial score (nSPS) is 18.9. The Labute approximate surface area is 94.8 Å². The van der Waals surface area contributed by atoms with Crippen molar-refractivity contribution >= 4 is 23.0 Å². The molecule has 2 rings (SSSR count). The van der Waals surface area contributed by atoms with E-state index in [2.05, 4.69) is 10.6 Å². The number of para-hydroxylation sites is 1. The van der Waals surface area contributed by atoms with Crippen LogP contribution in [0.3, 0.4) is 0 Å². The Hall–Kier alpha value is -0.930. The summed E-state index contributed by atoms with van der Waals surface area (Å²) in [5, 5.41) is 7.55. The smallest absolute Gasteiger partial charge is 0.0768 e. The Balaban J connectivity index is 2.08. The van der Waals surface area contributed by atoms with Gasteiger partial charge in [-0.05, 0) is 18.6 Å². The molecule has 1 heterocycles. The molecule has 15 heavy (non-hydrogen) atoms. The Morgan fingerprint density at radius 2 is 2.40 bits per heavy atom. The van der Waals surface area contributed by atoms with Crippen LogP contribution in [0.2, 0.25) is 5.02 Å². The van der Waals surface area contributed by atoms with Crippen LogP contribution in [0, 0.1) is 0 Å². The predicted octanol–water partition coefficient (Wildman–Crippen LogP) is 2.58. The van der Waals surface area contributed by atoms with Gasteiger partial charge in [-0.15, -0.1) is 0 Å². The van der Waals surface area contributed by atoms with Crippen molar-refractivity contribution in [2.75, 3.05) is 30.9 Å². The minimum absolute atomic E-state index is 0.386. The first-order valence-electron chi connectivity index (χ1n) is 5.09. The van der Waals surface area contributed by atoms with Gasteiger partial charge in [-0.3, -0.25) is 0 Å². The van der Waals surface area contributed by atoms with Crippen molar-refractivity contribution in [2.45, 2.75) is 12.5 Å². The fourth-order valence-electron chi connectivity index (χ4n) is 1.74. The monoisotopic (exact) mass is 226 g/mol. The van der Waals surface area contributed by atoms with Gasteiger partial charge < -0.3 is 15.4 Å². The Bertz CT molecular complexity index is 343. The number of ether oxygens (including phenoxy) is 1. The van der Waals surface area contributed by atoms with Crippen molar-refractivity contribution in [3.63, 3.8) is 0 Å². The molecule has 82 valence electrons. The summed E-state index contributed by atoms with van der Waals surface area (Å²) in [6, 6.07) is 6.26. The highest BCUT2D eigenvalue weighted by Crippen LogP contribution is 2.33. The molecule has 0 aromatic heterocycles. The van der Waals surface area contributed by atoms with Crippen molar-refractivity contribution < 1.29 is 4.74 Å². The summed E-state index contributed by atoms with van der Waals surface area (Å²) in [5.74, 6) is 0. The lowest BCUT2D eigenvalue weighted by Gasteiger charge is -2.28. The molecule has 3 nitrogen and oxygen atoms in total. The van der Waals surface area contributed by atoms with Crippen LogP contribution in [-0.2, 0) is 4.74 Å². The fourth-order valence-corrected chi connectivity index (χ4v) is 1.97. The van der Waals surface area contributed by atoms with Crippen LogP contribution in [0.25, 0.3) is 0 Å². The molecule has 1 atom stereocenters. The quantitative estimate of drug-likeness (QED) is 0.831. The molecule has 4 heteroatoms. The highest BCUT2D eigenvalue weighted by atomic mass is 35.5. The van der Waals surface area contributed by atoms with Crippen LogP contribution in [-0.4, -0.2) is 26.3 Å². The third kappa shape index (κ3) is 2.36. The van der Waals surface area contributed by atoms with Crippen LogP contribution in [0.15, 0.2) is 18.2 Å². The maximum atomic E-state index is 6.11. The number of rotatable bonds is 3. The molecule has 0 bridgehead atoms. The highest BCUT2D eigenvalue weighted by molar-refractivity contribution is 6.34. The molecule has 0 aliphatic carbocycles. The maximum Gasteiger partial charge on any atom is 0.0768 e. The van der Waals surface area contributed by atoms with Gasteiger partial charge in [-0.25, -0.2) is 0 Å². The van der Waals surface area contributed by atoms with Gasteiger partial charge in [-0.1, -0.05) is 17.7 Å². The van der Waals surface area contributed by atoms with Gasteiger partial charge >= 0.3 is 0 Å². The number of fused-ring (bicyclic) bond motifs is 1. The number of nitrogens with one attached hydrogen (secondary N) is 2. The summed E-state index contributed by atoms with van der Waals surface area (Å²) in [6.07, 6.45) is 0.980. The second-order valence-electron chi connectivity index (χ2n) is 3.67. The van der Waals surface area contributed by atoms with E-state index in [0.717, 1.165) is 36.0 Å². The minimum Gasteiger partial charge on any atom is -0.385 e. The third-order valence-corrected chi connectivity index (χ3v) is 2.89. The molecule has 0 saturated heterocycles. The van der Waals surface area contributed by atoms with Crippen molar-refractivity contribution in [1.82, 2.24) is 0 Å². The molecule has 0 radical (unpaired) electrons. The molecule has 1 unspecified atom stereocenters. The van der Waals surface area contributed by atoms with Crippen molar-refractivity contribution in [1.29, 1.82) is 0 Å². The number of benzene rings is 1. The minimum atomic E-state index is 0.386. The summed E-state index contributed by atoms with van der Waals surface area (Å²) in [7, 11) is 1.72. The molecular weight excluding hydrogens is 212 g/mol. The zero-order chi connectivity index (χ0) is 10.7. The Morgan fingerprint density at radius 3 is 3.20 bits per heavy atom. The van der Waals surface area contributed by atoms with E-state index in [0.29, 0.717) is 6.04 Å². The van der Waals surface area contributed by atoms with E-state index in [1.807, 2.05) is 18.2 Å². The fraction of sp³-hybridized carbons (Fsp3) is 0.455. The number of methoxy groups -OCH3 is 1. The van der Waals surface area contributed by atoms with Crippen LogP contribution in [0.4, 0.5) is 11.4 Å². The first-order valence-corrected chi connectivity index (χ1v) is 5.47. The van der Waals surface area contributed by atoms with Gasteiger partial charge in [0.15, 0.2) is 0 Å². The number of halogens is 1. The zero-order valence-corrected chi connectivity index (χ0v) is 9.47. The van der Waals surface area contributed by atoms with E-state index in [-0.39, 0.29) is 0 Å². The van der Waals surface area contributed by atoms with E-state index in [1.165, 1.54) is 0 Å². The lowest BCUT2D eigenvalue weighted by molar-refractivity contribution is 0.190. The Morgan fingerprint density at radius 1 is 1.53 bits per heavy atom. The van der Waals surface area contributed by atoms with E-state index in [1.54, 1.807) is 7.11 Å². The third-order valence-electron chi connectivity index (χ3n) is 2.57. The van der Waals surface area contributed by atoms with Crippen LogP contribution in [0.5, 0.6) is 0 Å². The molecule has 0 amide bonds. The Kier molecular flexibility index (Phi) is 3.34. The van der Waals surface area contributed by atoms with Crippen molar-refractivity contribution in [3.8, 4) is 0 Å². The SMILES string of the molecule is COCCC1CNc2cccc(Cl)c2N1. The highest BCUT2D eigenvalue weighted by Gasteiger charge is 2.18. The molecule has 1 aliphatic heterocycles. The van der Waals surface area contributed by atoms with E-state index in [4.69, 9.17) is 16.3 Å². The molecular formula is C11H15ClN2O. The molecule has 2 N–H and O–H groups in total. The summed E-state index contributed by atoms with van der Waals surface area (Å²) in [6.45, 7) is 1.68. The summed E-state index contributed by atoms with van der Waals surface area (Å²) in [5.41, 5.74) is 2.09.